The van der Waals surface area contributed by atoms with E-state index in [0.717, 1.165) is 27.5 Å². The molecule has 160 valence electrons. The van der Waals surface area contributed by atoms with E-state index < -0.39 is 10.8 Å². The zero-order valence-corrected chi connectivity index (χ0v) is 18.2. The van der Waals surface area contributed by atoms with Crippen LogP contribution in [0.4, 0.5) is 5.69 Å². The number of benzene rings is 3. The van der Waals surface area contributed by atoms with E-state index in [2.05, 4.69) is 5.32 Å². The molecular formula is C25H25NO4S. The highest BCUT2D eigenvalue weighted by Gasteiger charge is 2.26. The highest BCUT2D eigenvalue weighted by atomic mass is 32.2. The quantitative estimate of drug-likeness (QED) is 0.590. The molecule has 6 heteroatoms. The molecule has 2 unspecified atom stereocenters. The highest BCUT2D eigenvalue weighted by Crippen LogP contribution is 2.31. The number of carbonyl (C=O) groups is 1. The molecule has 0 saturated carbocycles. The third-order valence-corrected chi connectivity index (χ3v) is 6.51. The summed E-state index contributed by atoms with van der Waals surface area (Å²) in [5.41, 5.74) is 2.58. The van der Waals surface area contributed by atoms with Crippen molar-refractivity contribution in [1.29, 1.82) is 0 Å². The molecule has 1 aliphatic rings. The number of nitrogens with one attached hydrogen (secondary N) is 1. The second kappa shape index (κ2) is 9.79. The van der Waals surface area contributed by atoms with E-state index in [1.807, 2.05) is 79.7 Å². The number of carbonyl (C=O) groups excluding carboxylic acids is 1. The number of hydrogen-bond acceptors (Lipinski definition) is 4. The molecule has 1 heterocycles. The van der Waals surface area contributed by atoms with Gasteiger partial charge in [0, 0.05) is 10.6 Å². The van der Waals surface area contributed by atoms with E-state index in [4.69, 9.17) is 9.47 Å². The van der Waals surface area contributed by atoms with E-state index >= 15 is 0 Å². The fraction of sp³-hybridized carbons (Fsp3) is 0.240. The molecule has 0 spiro atoms. The summed E-state index contributed by atoms with van der Waals surface area (Å²) in [6, 6.07) is 22.6. The van der Waals surface area contributed by atoms with Crippen LogP contribution in [0.5, 0.6) is 11.5 Å². The van der Waals surface area contributed by atoms with Gasteiger partial charge >= 0.3 is 0 Å². The minimum atomic E-state index is -1.13. The molecule has 1 amide bonds. The summed E-state index contributed by atoms with van der Waals surface area (Å²) < 4.78 is 23.9. The minimum absolute atomic E-state index is 0.0891. The molecule has 4 rings (SSSR count). The van der Waals surface area contributed by atoms with Gasteiger partial charge in [0.25, 0.3) is 0 Å². The molecule has 0 radical (unpaired) electrons. The highest BCUT2D eigenvalue weighted by molar-refractivity contribution is 7.84. The van der Waals surface area contributed by atoms with Crippen molar-refractivity contribution in [3.63, 3.8) is 0 Å². The maximum atomic E-state index is 12.9. The number of anilines is 1. The summed E-state index contributed by atoms with van der Waals surface area (Å²) in [5, 5.41) is 2.99. The van der Waals surface area contributed by atoms with Crippen molar-refractivity contribution < 1.29 is 18.5 Å². The van der Waals surface area contributed by atoms with E-state index in [9.17, 15) is 9.00 Å². The second-order valence-electron chi connectivity index (χ2n) is 7.41. The Balaban J connectivity index is 1.40. The molecule has 1 N–H and O–H groups in total. The lowest BCUT2D eigenvalue weighted by molar-refractivity contribution is -0.121. The first-order valence-corrected chi connectivity index (χ1v) is 11.7. The molecule has 0 aliphatic carbocycles. The van der Waals surface area contributed by atoms with Gasteiger partial charge in [0.05, 0.1) is 29.1 Å². The summed E-state index contributed by atoms with van der Waals surface area (Å²) >= 11 is 0. The maximum absolute atomic E-state index is 12.9. The molecule has 31 heavy (non-hydrogen) atoms. The second-order valence-corrected chi connectivity index (χ2v) is 8.86. The Morgan fingerprint density at radius 2 is 1.94 bits per heavy atom. The topological polar surface area (TPSA) is 64.6 Å². The van der Waals surface area contributed by atoms with E-state index in [-0.39, 0.29) is 11.8 Å². The largest absolute Gasteiger partial charge is 0.494 e. The third-order valence-electron chi connectivity index (χ3n) is 5.12. The normalized spacial score (nSPS) is 16.0. The predicted molar refractivity (Wildman–Crippen MR) is 122 cm³/mol. The van der Waals surface area contributed by atoms with Crippen LogP contribution < -0.4 is 14.8 Å². The van der Waals surface area contributed by atoms with E-state index in [1.165, 1.54) is 0 Å². The van der Waals surface area contributed by atoms with Crippen molar-refractivity contribution in [2.24, 2.45) is 5.92 Å². The van der Waals surface area contributed by atoms with Crippen LogP contribution in [0.15, 0.2) is 77.7 Å². The Kier molecular flexibility index (Phi) is 6.67. The van der Waals surface area contributed by atoms with Gasteiger partial charge in [-0.2, -0.15) is 0 Å². The lowest BCUT2D eigenvalue weighted by Crippen LogP contribution is -2.32. The van der Waals surface area contributed by atoms with Crippen molar-refractivity contribution in [3.8, 4) is 11.5 Å². The Labute approximate surface area is 184 Å². The number of rotatable bonds is 7. The Morgan fingerprint density at radius 3 is 2.74 bits per heavy atom. The fourth-order valence-electron chi connectivity index (χ4n) is 3.59. The minimum Gasteiger partial charge on any atom is -0.494 e. The number of fused-ring (bicyclic) bond motifs is 1. The van der Waals surface area contributed by atoms with Gasteiger partial charge in [0.2, 0.25) is 5.91 Å². The number of amides is 1. The number of hydrogen-bond donors (Lipinski definition) is 1. The average molecular weight is 436 g/mol. The fourth-order valence-corrected chi connectivity index (χ4v) is 4.70. The van der Waals surface area contributed by atoms with Crippen LogP contribution in [0, 0.1) is 5.92 Å². The molecular weight excluding hydrogens is 410 g/mol. The van der Waals surface area contributed by atoms with Gasteiger partial charge in [-0.25, -0.2) is 0 Å². The Hall–Kier alpha value is -3.12. The Bertz CT molecular complexity index is 1080. The summed E-state index contributed by atoms with van der Waals surface area (Å²) in [6.45, 7) is 2.87. The molecule has 1 aliphatic heterocycles. The van der Waals surface area contributed by atoms with Crippen molar-refractivity contribution in [1.82, 2.24) is 0 Å². The number of ether oxygens (including phenoxy) is 2. The van der Waals surface area contributed by atoms with Gasteiger partial charge in [0.1, 0.15) is 18.1 Å². The van der Waals surface area contributed by atoms with Gasteiger partial charge < -0.3 is 14.8 Å². The average Bonchev–Trinajstić information content (AvgIpc) is 2.79. The lowest BCUT2D eigenvalue weighted by Gasteiger charge is -2.25. The first kappa shape index (κ1) is 21.1. The molecule has 0 bridgehead atoms. The van der Waals surface area contributed by atoms with Crippen LogP contribution in [0.3, 0.4) is 0 Å². The van der Waals surface area contributed by atoms with Crippen LogP contribution in [0.25, 0.3) is 0 Å². The van der Waals surface area contributed by atoms with Crippen LogP contribution in [-0.2, 0) is 27.8 Å². The van der Waals surface area contributed by atoms with E-state index in [1.54, 1.807) is 0 Å². The van der Waals surface area contributed by atoms with Gasteiger partial charge in [-0.05, 0) is 66.9 Å². The molecule has 5 nitrogen and oxygen atoms in total. The molecule has 3 aromatic carbocycles. The van der Waals surface area contributed by atoms with Gasteiger partial charge in [-0.15, -0.1) is 0 Å². The van der Waals surface area contributed by atoms with E-state index in [0.29, 0.717) is 31.1 Å². The zero-order chi connectivity index (χ0) is 21.6. The zero-order valence-electron chi connectivity index (χ0n) is 17.4. The SMILES string of the molecule is CCOc1ccc2c(c1)CC(C(=O)Nc1cccc(CS(=O)c3ccccc3)c1)CO2. The molecule has 3 aromatic rings. The van der Waals surface area contributed by atoms with Crippen molar-refractivity contribution in [2.45, 2.75) is 24.0 Å². The van der Waals surface area contributed by atoms with Gasteiger partial charge in [0.15, 0.2) is 0 Å². The molecule has 0 saturated heterocycles. The van der Waals surface area contributed by atoms with Crippen molar-refractivity contribution in [2.75, 3.05) is 18.5 Å². The molecule has 0 aromatic heterocycles. The summed E-state index contributed by atoms with van der Waals surface area (Å²) in [7, 11) is -1.13. The van der Waals surface area contributed by atoms with Crippen LogP contribution in [-0.4, -0.2) is 23.3 Å². The van der Waals surface area contributed by atoms with Crippen LogP contribution >= 0.6 is 0 Å². The molecule has 2 atom stereocenters. The predicted octanol–water partition coefficient (Wildman–Crippen LogP) is 4.58. The maximum Gasteiger partial charge on any atom is 0.231 e. The molecule has 0 fully saturated rings. The Morgan fingerprint density at radius 1 is 1.10 bits per heavy atom. The summed E-state index contributed by atoms with van der Waals surface area (Å²) in [5.74, 6) is 1.61. The van der Waals surface area contributed by atoms with Crippen LogP contribution in [0.1, 0.15) is 18.1 Å². The first-order chi connectivity index (χ1) is 15.1. The van der Waals surface area contributed by atoms with Crippen molar-refractivity contribution >= 4 is 22.4 Å². The van der Waals surface area contributed by atoms with Gasteiger partial charge in [-0.1, -0.05) is 30.3 Å². The monoisotopic (exact) mass is 435 g/mol. The summed E-state index contributed by atoms with van der Waals surface area (Å²) in [4.78, 5) is 13.7. The first-order valence-electron chi connectivity index (χ1n) is 10.3. The standard InChI is InChI=1S/C25H25NO4S/c1-2-29-22-11-12-24-19(15-22)14-20(16-30-24)25(27)26-21-8-6-7-18(13-21)17-31(28)23-9-4-3-5-10-23/h3-13,15,20H,2,14,16-17H2,1H3,(H,26,27). The smallest absolute Gasteiger partial charge is 0.231 e. The van der Waals surface area contributed by atoms with Gasteiger partial charge in [-0.3, -0.25) is 9.00 Å². The van der Waals surface area contributed by atoms with Crippen LogP contribution in [0.2, 0.25) is 0 Å². The lowest BCUT2D eigenvalue weighted by atomic mass is 9.95. The third kappa shape index (κ3) is 5.33. The van der Waals surface area contributed by atoms with Crippen molar-refractivity contribution in [3.05, 3.63) is 83.9 Å². The summed E-state index contributed by atoms with van der Waals surface area (Å²) in [6.07, 6.45) is 0.597.